The van der Waals surface area contributed by atoms with Crippen LogP contribution in [0.5, 0.6) is 0 Å². The molecule has 0 amide bonds. The third kappa shape index (κ3) is 4.15. The van der Waals surface area contributed by atoms with Crippen LogP contribution in [0.1, 0.15) is 128 Å². The number of hydrogen-bond donors (Lipinski definition) is 7. The van der Waals surface area contributed by atoms with E-state index in [1.165, 1.54) is 12.5 Å². The standard InChI is InChI=1S/C59H63N3O8/c1-31(48(65)66)37-18-24-53(62-49(60)61)25-26-54-40-13-7-10-21-52(54)30-39(63)44-47-55(67)29-36-28-34-16-17-38(58(37,69)59(40,53)70)42(34)45(54)57(36,68)56(47,52)22-9-4-8-20-50(2)41(64)19-23-51(44,3)46(50)43(55)35-15-14-32-11-5-6-12-33(32)27-35/h5-6,11-12,17,25-27,29,40,43,45-46,67-70H,7,9-10,13-16,18-24,28,30H2,1-3H3,(H,65,66)(H4,60,61,62). The molecule has 0 aliphatic heterocycles. The molecule has 3 spiro atoms. The van der Waals surface area contributed by atoms with Crippen molar-refractivity contribution in [3.05, 3.63) is 110 Å². The number of allylic oxidation sites excluding steroid dienone is 4. The largest absolute Gasteiger partial charge is 0.478 e. The first kappa shape index (κ1) is 43.7. The lowest BCUT2D eigenvalue weighted by atomic mass is 9.32. The minimum atomic E-state index is -2.31. The summed E-state index contributed by atoms with van der Waals surface area (Å²) in [6, 6.07) is 8.37. The van der Waals surface area contributed by atoms with Crippen LogP contribution >= 0.6 is 0 Å². The molecule has 0 radical (unpaired) electrons. The second-order valence-corrected chi connectivity index (χ2v) is 24.6. The highest BCUT2D eigenvalue weighted by Crippen LogP contribution is 2.92. The monoisotopic (exact) mass is 941 g/mol. The summed E-state index contributed by atoms with van der Waals surface area (Å²) in [7, 11) is 0. The summed E-state index contributed by atoms with van der Waals surface area (Å²) in [5, 5.41) is 70.6. The Morgan fingerprint density at radius 1 is 0.914 bits per heavy atom. The van der Waals surface area contributed by atoms with Crippen LogP contribution in [-0.2, 0) is 20.8 Å². The van der Waals surface area contributed by atoms with E-state index in [0.29, 0.717) is 80.1 Å². The number of nitrogens with two attached hydrogens (primary N) is 2. The first-order valence-electron chi connectivity index (χ1n) is 26.1. The van der Waals surface area contributed by atoms with Gasteiger partial charge in [-0.15, -0.1) is 11.8 Å². The van der Waals surface area contributed by atoms with Crippen molar-refractivity contribution >= 4 is 29.6 Å². The second-order valence-electron chi connectivity index (χ2n) is 24.6. The van der Waals surface area contributed by atoms with E-state index in [1.54, 1.807) is 0 Å². The third-order valence-electron chi connectivity index (χ3n) is 22.7. The molecule has 0 heterocycles. The molecular weight excluding hydrogens is 879 g/mol. The number of aliphatic carboxylic acids is 1. The highest BCUT2D eigenvalue weighted by molar-refractivity contribution is 6.03. The molecule has 11 heteroatoms. The zero-order valence-electron chi connectivity index (χ0n) is 40.4. The van der Waals surface area contributed by atoms with E-state index in [1.807, 2.05) is 31.2 Å². The van der Waals surface area contributed by atoms with Gasteiger partial charge in [0.05, 0.1) is 0 Å². The maximum Gasteiger partial charge on any atom is 0.331 e. The molecule has 1 aromatic rings. The zero-order valence-corrected chi connectivity index (χ0v) is 40.4. The Morgan fingerprint density at radius 3 is 2.50 bits per heavy atom. The summed E-state index contributed by atoms with van der Waals surface area (Å²) in [5.41, 5.74) is 4.62. The van der Waals surface area contributed by atoms with Gasteiger partial charge >= 0.3 is 5.97 Å². The predicted molar refractivity (Wildman–Crippen MR) is 261 cm³/mol. The Balaban J connectivity index is 1.18. The van der Waals surface area contributed by atoms with Crippen LogP contribution in [0.15, 0.2) is 104 Å². The Labute approximate surface area is 408 Å². The van der Waals surface area contributed by atoms with Gasteiger partial charge in [0.25, 0.3) is 0 Å². The SMILES string of the molecule is CC(C(=O)O)=C1CCC2(N=C(N)N)C=CC34C5C6=C7CC=C6C1(O)C2(O)C3CCCCC41CC(=O)C2=C3C4(O)C=C(C7)C5(O)C31CCC#CCC1(C)C(=O)CCC2(C)C1C4C1=Cc2ccccc2CC1. The molecule has 8 bridgehead atoms. The molecule has 5 saturated carbocycles. The smallest absolute Gasteiger partial charge is 0.331 e. The molecule has 13 aliphatic rings. The lowest BCUT2D eigenvalue weighted by Crippen LogP contribution is -2.78. The van der Waals surface area contributed by atoms with Crippen LogP contribution in [0.4, 0.5) is 0 Å². The number of carboxylic acid groups (broad SMARTS) is 1. The van der Waals surface area contributed by atoms with Crippen molar-refractivity contribution in [1.82, 2.24) is 0 Å². The van der Waals surface area contributed by atoms with E-state index in [-0.39, 0.29) is 67.2 Å². The summed E-state index contributed by atoms with van der Waals surface area (Å²) in [6.07, 6.45) is 16.1. The van der Waals surface area contributed by atoms with Gasteiger partial charge in [0.2, 0.25) is 0 Å². The molecule has 13 aliphatic carbocycles. The molecule has 362 valence electrons. The van der Waals surface area contributed by atoms with E-state index in [9.17, 15) is 24.9 Å². The average molecular weight is 942 g/mol. The van der Waals surface area contributed by atoms with Crippen LogP contribution in [0.25, 0.3) is 6.08 Å². The Hall–Kier alpha value is -5.12. The summed E-state index contributed by atoms with van der Waals surface area (Å²) >= 11 is 0. The first-order valence-corrected chi connectivity index (χ1v) is 26.1. The highest BCUT2D eigenvalue weighted by atomic mass is 16.4. The minimum absolute atomic E-state index is 0.0122. The van der Waals surface area contributed by atoms with Crippen molar-refractivity contribution < 1.29 is 39.9 Å². The van der Waals surface area contributed by atoms with Gasteiger partial charge in [0.15, 0.2) is 11.7 Å². The van der Waals surface area contributed by atoms with Gasteiger partial charge in [-0.05, 0) is 122 Å². The highest BCUT2D eigenvalue weighted by Gasteiger charge is 2.93. The number of guanidine groups is 1. The Morgan fingerprint density at radius 2 is 1.71 bits per heavy atom. The van der Waals surface area contributed by atoms with Crippen LogP contribution in [-0.4, -0.2) is 77.0 Å². The Kier molecular flexibility index (Phi) is 8.05. The van der Waals surface area contributed by atoms with Gasteiger partial charge in [0.1, 0.15) is 33.7 Å². The fourth-order valence-corrected chi connectivity index (χ4v) is 20.9. The van der Waals surface area contributed by atoms with E-state index >= 15 is 15.0 Å². The van der Waals surface area contributed by atoms with Crippen molar-refractivity contribution in [2.24, 2.45) is 67.2 Å². The third-order valence-corrected chi connectivity index (χ3v) is 22.7. The molecular formula is C59H63N3O8. The van der Waals surface area contributed by atoms with Crippen molar-refractivity contribution in [1.29, 1.82) is 0 Å². The van der Waals surface area contributed by atoms with E-state index < -0.39 is 84.7 Å². The fraction of sp³-hybridized carbons (Fsp3) is 0.559. The Bertz CT molecular complexity index is 3140. The number of rotatable bonds is 3. The van der Waals surface area contributed by atoms with Crippen LogP contribution < -0.4 is 11.5 Å². The quantitative estimate of drug-likeness (QED) is 0.0570. The molecule has 5 fully saturated rings. The van der Waals surface area contributed by atoms with Gasteiger partial charge in [0, 0.05) is 81.7 Å². The molecule has 14 rings (SSSR count). The fourth-order valence-electron chi connectivity index (χ4n) is 20.9. The molecule has 0 saturated heterocycles. The summed E-state index contributed by atoms with van der Waals surface area (Å²) in [6.45, 7) is 5.72. The molecule has 1 aromatic carbocycles. The van der Waals surface area contributed by atoms with E-state index in [4.69, 9.17) is 16.5 Å². The number of aliphatic imine (C=N–C) groups is 1. The maximum absolute atomic E-state index is 16.7. The number of benzene rings is 1. The van der Waals surface area contributed by atoms with E-state index in [0.717, 1.165) is 28.7 Å². The lowest BCUT2D eigenvalue weighted by Gasteiger charge is -2.72. The minimum Gasteiger partial charge on any atom is -0.478 e. The predicted octanol–water partition coefficient (Wildman–Crippen LogP) is 6.56. The summed E-state index contributed by atoms with van der Waals surface area (Å²) < 4.78 is 0. The van der Waals surface area contributed by atoms with Gasteiger partial charge in [-0.25, -0.2) is 9.79 Å². The van der Waals surface area contributed by atoms with Gasteiger partial charge in [-0.2, -0.15) is 0 Å². The number of nitrogens with zero attached hydrogens (tertiary/aromatic N) is 1. The average Bonchev–Trinajstić information content (AvgIpc) is 3.70. The normalized spacial score (nSPS) is 48.7. The van der Waals surface area contributed by atoms with Gasteiger partial charge < -0.3 is 37.0 Å². The molecule has 14 unspecified atom stereocenters. The number of carboxylic acids is 1. The van der Waals surface area contributed by atoms with Gasteiger partial charge in [-0.1, -0.05) is 86.4 Å². The zero-order chi connectivity index (χ0) is 48.8. The summed E-state index contributed by atoms with van der Waals surface area (Å²) in [4.78, 5) is 49.8. The van der Waals surface area contributed by atoms with Crippen LogP contribution in [0.3, 0.4) is 0 Å². The molecule has 11 nitrogen and oxygen atoms in total. The number of aliphatic hydroxyl groups is 4. The topological polar surface area (TPSA) is 217 Å². The van der Waals surface area contributed by atoms with Crippen molar-refractivity contribution in [2.45, 2.75) is 151 Å². The molecule has 0 aromatic heterocycles. The number of hydrogen-bond acceptors (Lipinski definition) is 8. The number of ketones is 2. The number of carbonyl (C=O) groups excluding carboxylic acids is 2. The number of carbonyl (C=O) groups is 3. The number of fused-ring (bicyclic) bond motifs is 2. The number of Topliss-reactive ketones (excluding diaryl/α,β-unsaturated/α-hetero) is 2. The van der Waals surface area contributed by atoms with E-state index in [2.05, 4.69) is 49.1 Å². The van der Waals surface area contributed by atoms with Crippen LogP contribution in [0.2, 0.25) is 0 Å². The molecule has 70 heavy (non-hydrogen) atoms. The molecule has 9 N–H and O–H groups in total. The van der Waals surface area contributed by atoms with Crippen LogP contribution in [0, 0.1) is 62.6 Å². The number of aryl methyl sites for hydroxylation is 1. The first-order chi connectivity index (χ1) is 33.2. The van der Waals surface area contributed by atoms with Crippen molar-refractivity contribution in [2.75, 3.05) is 0 Å². The second kappa shape index (κ2) is 12.9. The maximum atomic E-state index is 16.7. The van der Waals surface area contributed by atoms with Crippen molar-refractivity contribution in [3.63, 3.8) is 0 Å². The van der Waals surface area contributed by atoms with Gasteiger partial charge in [-0.3, -0.25) is 9.59 Å². The van der Waals surface area contributed by atoms with Crippen molar-refractivity contribution in [3.8, 4) is 11.8 Å². The molecule has 14 atom stereocenters. The lowest BCUT2D eigenvalue weighted by molar-refractivity contribution is -0.230. The summed E-state index contributed by atoms with van der Waals surface area (Å²) in [5.74, 6) is 2.72.